The number of ether oxygens (including phenoxy) is 3. The van der Waals surface area contributed by atoms with Gasteiger partial charge in [0, 0.05) is 17.6 Å². The molecule has 1 atom stereocenters. The summed E-state index contributed by atoms with van der Waals surface area (Å²) in [5.74, 6) is -0.145. The maximum atomic E-state index is 12.9. The zero-order valence-corrected chi connectivity index (χ0v) is 17.8. The third kappa shape index (κ3) is 5.13. The molecule has 1 aromatic carbocycles. The fourth-order valence-corrected chi connectivity index (χ4v) is 3.66. The van der Waals surface area contributed by atoms with E-state index in [4.69, 9.17) is 14.2 Å². The average molecular weight is 419 g/mol. The Morgan fingerprint density at radius 3 is 2.79 bits per heavy atom. The van der Waals surface area contributed by atoms with E-state index in [0.717, 1.165) is 22.7 Å². The van der Waals surface area contributed by atoms with Crippen molar-refractivity contribution in [1.29, 1.82) is 0 Å². The normalized spacial score (nSPS) is 15.8. The molecule has 0 fully saturated rings. The van der Waals surface area contributed by atoms with Crippen molar-refractivity contribution in [3.05, 3.63) is 28.6 Å². The van der Waals surface area contributed by atoms with E-state index in [2.05, 4.69) is 4.98 Å². The highest BCUT2D eigenvalue weighted by Gasteiger charge is 2.35. The molecule has 156 valence electrons. The standard InChI is InChI=1S/C21H26N2O5S/c1-4-8-26-9-10-27-20(24)12-23-17-11-15(16-13-29-14(3)22-16)6-7-19(17)28-18(5-2)21(23)25/h6-7,11,13,18H,4-5,8-10,12H2,1-3H3. The largest absolute Gasteiger partial charge is 0.478 e. The topological polar surface area (TPSA) is 78.0 Å². The lowest BCUT2D eigenvalue weighted by atomic mass is 10.1. The maximum absolute atomic E-state index is 12.9. The van der Waals surface area contributed by atoms with Gasteiger partial charge in [-0.05, 0) is 38.0 Å². The number of anilines is 1. The number of hydrogen-bond donors (Lipinski definition) is 0. The van der Waals surface area contributed by atoms with Crippen LogP contribution in [0.15, 0.2) is 23.6 Å². The van der Waals surface area contributed by atoms with Crippen LogP contribution in [-0.4, -0.2) is 49.3 Å². The number of fused-ring (bicyclic) bond motifs is 1. The molecule has 8 heteroatoms. The molecule has 0 saturated heterocycles. The van der Waals surface area contributed by atoms with Gasteiger partial charge in [-0.3, -0.25) is 14.5 Å². The minimum atomic E-state index is -0.615. The third-order valence-electron chi connectivity index (χ3n) is 4.47. The van der Waals surface area contributed by atoms with Gasteiger partial charge < -0.3 is 14.2 Å². The van der Waals surface area contributed by atoms with Crippen LogP contribution in [0.5, 0.6) is 5.75 Å². The number of carbonyl (C=O) groups excluding carboxylic acids is 2. The van der Waals surface area contributed by atoms with E-state index in [-0.39, 0.29) is 19.1 Å². The minimum Gasteiger partial charge on any atom is -0.478 e. The number of amides is 1. The van der Waals surface area contributed by atoms with E-state index in [1.165, 1.54) is 4.90 Å². The number of hydrogen-bond acceptors (Lipinski definition) is 7. The van der Waals surface area contributed by atoms with Crippen LogP contribution in [-0.2, 0) is 19.1 Å². The number of nitrogens with zero attached hydrogens (tertiary/aromatic N) is 2. The molecule has 0 saturated carbocycles. The second kappa shape index (κ2) is 9.84. The summed E-state index contributed by atoms with van der Waals surface area (Å²) in [6.07, 6.45) is 0.809. The van der Waals surface area contributed by atoms with Crippen molar-refractivity contribution in [2.24, 2.45) is 0 Å². The molecule has 7 nitrogen and oxygen atoms in total. The van der Waals surface area contributed by atoms with Crippen molar-refractivity contribution in [3.63, 3.8) is 0 Å². The molecule has 0 radical (unpaired) electrons. The number of thiazole rings is 1. The van der Waals surface area contributed by atoms with Gasteiger partial charge in [-0.1, -0.05) is 13.8 Å². The van der Waals surface area contributed by atoms with Crippen molar-refractivity contribution >= 4 is 28.9 Å². The Hall–Kier alpha value is -2.45. The number of benzene rings is 1. The first kappa shape index (κ1) is 21.3. The highest BCUT2D eigenvalue weighted by Crippen LogP contribution is 2.38. The SMILES string of the molecule is CCCOCCOC(=O)CN1C(=O)C(CC)Oc2ccc(-c3csc(C)n3)cc21. The minimum absolute atomic E-state index is 0.166. The highest BCUT2D eigenvalue weighted by molar-refractivity contribution is 7.09. The summed E-state index contributed by atoms with van der Waals surface area (Å²) in [6.45, 7) is 6.80. The number of aromatic nitrogens is 1. The van der Waals surface area contributed by atoms with Gasteiger partial charge in [0.15, 0.2) is 6.10 Å². The van der Waals surface area contributed by atoms with Gasteiger partial charge in [-0.2, -0.15) is 0 Å². The predicted molar refractivity (Wildman–Crippen MR) is 111 cm³/mol. The number of carbonyl (C=O) groups is 2. The lowest BCUT2D eigenvalue weighted by Gasteiger charge is -2.33. The van der Waals surface area contributed by atoms with E-state index in [9.17, 15) is 9.59 Å². The van der Waals surface area contributed by atoms with Gasteiger partial charge >= 0.3 is 5.97 Å². The summed E-state index contributed by atoms with van der Waals surface area (Å²) < 4.78 is 16.4. The highest BCUT2D eigenvalue weighted by atomic mass is 32.1. The van der Waals surface area contributed by atoms with E-state index < -0.39 is 12.1 Å². The van der Waals surface area contributed by atoms with E-state index >= 15 is 0 Å². The summed E-state index contributed by atoms with van der Waals surface area (Å²) in [5, 5.41) is 2.92. The van der Waals surface area contributed by atoms with Gasteiger partial charge in [0.1, 0.15) is 18.9 Å². The number of rotatable bonds is 9. The van der Waals surface area contributed by atoms with Crippen LogP contribution in [0.25, 0.3) is 11.3 Å². The first-order valence-corrected chi connectivity index (χ1v) is 10.7. The molecule has 1 aliphatic heterocycles. The van der Waals surface area contributed by atoms with Gasteiger partial charge in [-0.25, -0.2) is 4.98 Å². The smallest absolute Gasteiger partial charge is 0.326 e. The van der Waals surface area contributed by atoms with Crippen LogP contribution in [0.4, 0.5) is 5.69 Å². The molecular formula is C21H26N2O5S. The molecule has 1 amide bonds. The molecule has 0 aliphatic carbocycles. The molecule has 0 spiro atoms. The van der Waals surface area contributed by atoms with Crippen LogP contribution in [0, 0.1) is 6.92 Å². The Bertz CT molecular complexity index is 867. The van der Waals surface area contributed by atoms with E-state index in [0.29, 0.717) is 31.1 Å². The second-order valence-corrected chi connectivity index (χ2v) is 7.77. The lowest BCUT2D eigenvalue weighted by molar-refractivity contribution is -0.145. The first-order valence-electron chi connectivity index (χ1n) is 9.81. The number of esters is 1. The van der Waals surface area contributed by atoms with Gasteiger partial charge in [0.25, 0.3) is 5.91 Å². The van der Waals surface area contributed by atoms with Gasteiger partial charge in [-0.15, -0.1) is 11.3 Å². The van der Waals surface area contributed by atoms with Crippen molar-refractivity contribution in [1.82, 2.24) is 4.98 Å². The summed E-state index contributed by atoms with van der Waals surface area (Å²) in [5.41, 5.74) is 2.25. The van der Waals surface area contributed by atoms with E-state index in [1.54, 1.807) is 11.3 Å². The monoisotopic (exact) mass is 418 g/mol. The van der Waals surface area contributed by atoms with Crippen LogP contribution in [0.3, 0.4) is 0 Å². The Kier molecular flexibility index (Phi) is 7.22. The summed E-state index contributed by atoms with van der Waals surface area (Å²) in [6, 6.07) is 5.58. The second-order valence-electron chi connectivity index (χ2n) is 6.71. The molecule has 2 aromatic rings. The number of aryl methyl sites for hydroxylation is 1. The van der Waals surface area contributed by atoms with Crippen LogP contribution < -0.4 is 9.64 Å². The molecule has 0 N–H and O–H groups in total. The molecule has 3 rings (SSSR count). The molecule has 0 bridgehead atoms. The Morgan fingerprint density at radius 2 is 2.10 bits per heavy atom. The first-order chi connectivity index (χ1) is 14.0. The zero-order valence-electron chi connectivity index (χ0n) is 17.0. The van der Waals surface area contributed by atoms with Gasteiger partial charge in [0.05, 0.1) is 23.0 Å². The third-order valence-corrected chi connectivity index (χ3v) is 5.25. The fraction of sp³-hybridized carbons (Fsp3) is 0.476. The summed E-state index contributed by atoms with van der Waals surface area (Å²) >= 11 is 1.56. The van der Waals surface area contributed by atoms with Crippen LogP contribution in [0.1, 0.15) is 31.7 Å². The zero-order chi connectivity index (χ0) is 20.8. The Labute approximate surface area is 174 Å². The molecule has 1 aliphatic rings. The molecule has 1 unspecified atom stereocenters. The van der Waals surface area contributed by atoms with Crippen LogP contribution >= 0.6 is 11.3 Å². The average Bonchev–Trinajstić information content (AvgIpc) is 3.15. The van der Waals surface area contributed by atoms with Crippen molar-refractivity contribution in [2.75, 3.05) is 31.3 Å². The van der Waals surface area contributed by atoms with Crippen molar-refractivity contribution < 1.29 is 23.8 Å². The molecule has 1 aromatic heterocycles. The Morgan fingerprint density at radius 1 is 1.28 bits per heavy atom. The maximum Gasteiger partial charge on any atom is 0.326 e. The summed E-state index contributed by atoms with van der Waals surface area (Å²) in [4.78, 5) is 31.2. The van der Waals surface area contributed by atoms with Crippen molar-refractivity contribution in [3.8, 4) is 17.0 Å². The Balaban J connectivity index is 1.78. The predicted octanol–water partition coefficient (Wildman–Crippen LogP) is 3.59. The molecule has 29 heavy (non-hydrogen) atoms. The lowest BCUT2D eigenvalue weighted by Crippen LogP contribution is -2.48. The quantitative estimate of drug-likeness (QED) is 0.457. The van der Waals surface area contributed by atoms with Gasteiger partial charge in [0.2, 0.25) is 0 Å². The van der Waals surface area contributed by atoms with Crippen molar-refractivity contribution in [2.45, 2.75) is 39.7 Å². The van der Waals surface area contributed by atoms with Crippen LogP contribution in [0.2, 0.25) is 0 Å². The van der Waals surface area contributed by atoms with E-state index in [1.807, 2.05) is 44.4 Å². The molecule has 2 heterocycles. The molecular weight excluding hydrogens is 392 g/mol. The summed E-state index contributed by atoms with van der Waals surface area (Å²) in [7, 11) is 0. The fourth-order valence-electron chi connectivity index (χ4n) is 3.04.